The highest BCUT2D eigenvalue weighted by molar-refractivity contribution is 7.93. The monoisotopic (exact) mass is 564 g/mol. The predicted octanol–water partition coefficient (Wildman–Crippen LogP) is 4.83. The number of rotatable bonds is 7. The molecule has 0 bridgehead atoms. The summed E-state index contributed by atoms with van der Waals surface area (Å²) < 4.78 is 62.7. The number of anilines is 2. The molecule has 13 heteroatoms. The molecule has 200 valence electrons. The van der Waals surface area contributed by atoms with Gasteiger partial charge in [-0.1, -0.05) is 11.6 Å². The topological polar surface area (TPSA) is 120 Å². The van der Waals surface area contributed by atoms with Crippen LogP contribution in [0.3, 0.4) is 0 Å². The molecule has 4 rings (SSSR count). The third-order valence-electron chi connectivity index (χ3n) is 5.35. The van der Waals surface area contributed by atoms with Gasteiger partial charge in [-0.15, -0.1) is 0 Å². The zero-order valence-electron chi connectivity index (χ0n) is 20.1. The Hall–Kier alpha value is -4.03. The largest absolute Gasteiger partial charge is 0.511 e. The van der Waals surface area contributed by atoms with E-state index in [1.165, 1.54) is 67.8 Å². The van der Waals surface area contributed by atoms with E-state index >= 15 is 0 Å². The van der Waals surface area contributed by atoms with Crippen molar-refractivity contribution in [3.63, 3.8) is 0 Å². The summed E-state index contributed by atoms with van der Waals surface area (Å²) in [6.45, 7) is 1.15. The van der Waals surface area contributed by atoms with E-state index < -0.39 is 40.7 Å². The second kappa shape index (κ2) is 11.2. The first-order chi connectivity index (χ1) is 18.1. The van der Waals surface area contributed by atoms with Gasteiger partial charge in [0, 0.05) is 16.3 Å². The molecule has 1 atom stereocenters. The minimum atomic E-state index is -4.39. The summed E-state index contributed by atoms with van der Waals surface area (Å²) in [5.41, 5.74) is 0.420. The van der Waals surface area contributed by atoms with Crippen LogP contribution in [0.25, 0.3) is 0 Å². The molecule has 1 heterocycles. The van der Waals surface area contributed by atoms with Gasteiger partial charge >= 0.3 is 6.16 Å². The van der Waals surface area contributed by atoms with Crippen molar-refractivity contribution in [1.82, 2.24) is 0 Å². The second-order valence-corrected chi connectivity index (χ2v) is 10.1. The summed E-state index contributed by atoms with van der Waals surface area (Å²) in [5, 5.41) is 2.76. The number of methoxy groups -OCH3 is 1. The summed E-state index contributed by atoms with van der Waals surface area (Å²) in [5.74, 6) is -1.00. The predicted molar refractivity (Wildman–Crippen MR) is 136 cm³/mol. The first-order valence-electron chi connectivity index (χ1n) is 11.2. The van der Waals surface area contributed by atoms with Crippen LogP contribution in [-0.4, -0.2) is 47.0 Å². The molecular formula is C25H22ClFN2O8S. The number of halogens is 2. The van der Waals surface area contributed by atoms with Crippen molar-refractivity contribution in [2.24, 2.45) is 0 Å². The average Bonchev–Trinajstić information content (AvgIpc) is 2.89. The van der Waals surface area contributed by atoms with Crippen LogP contribution in [0.5, 0.6) is 11.5 Å². The van der Waals surface area contributed by atoms with Crippen LogP contribution in [-0.2, 0) is 19.5 Å². The molecule has 1 aliphatic rings. The SMILES string of the molecule is CCOC(=O)OC1CN(S(=O)(=O)c2cc(Cl)ccc2OC)c2cc(C(=O)Nc3ccc(F)cc3)ccc2O1. The van der Waals surface area contributed by atoms with Gasteiger partial charge in [0.25, 0.3) is 22.2 Å². The van der Waals surface area contributed by atoms with Crippen LogP contribution < -0.4 is 19.1 Å². The van der Waals surface area contributed by atoms with Gasteiger partial charge in [-0.3, -0.25) is 9.10 Å². The summed E-state index contributed by atoms with van der Waals surface area (Å²) in [7, 11) is -3.08. The maximum absolute atomic E-state index is 13.9. The van der Waals surface area contributed by atoms with Crippen LogP contribution in [0, 0.1) is 5.82 Å². The van der Waals surface area contributed by atoms with Crippen molar-refractivity contribution in [2.45, 2.75) is 18.1 Å². The van der Waals surface area contributed by atoms with Crippen molar-refractivity contribution < 1.29 is 41.3 Å². The van der Waals surface area contributed by atoms with Crippen molar-refractivity contribution in [2.75, 3.05) is 29.9 Å². The van der Waals surface area contributed by atoms with Gasteiger partial charge < -0.3 is 24.3 Å². The number of benzene rings is 3. The van der Waals surface area contributed by atoms with E-state index in [4.69, 9.17) is 30.5 Å². The molecule has 0 saturated heterocycles. The molecule has 0 spiro atoms. The lowest BCUT2D eigenvalue weighted by atomic mass is 10.1. The molecule has 1 amide bonds. The van der Waals surface area contributed by atoms with Crippen molar-refractivity contribution in [3.8, 4) is 11.5 Å². The molecular weight excluding hydrogens is 543 g/mol. The molecule has 0 aliphatic carbocycles. The van der Waals surface area contributed by atoms with Crippen LogP contribution in [0.2, 0.25) is 5.02 Å². The lowest BCUT2D eigenvalue weighted by Crippen LogP contribution is -2.45. The Balaban J connectivity index is 1.75. The Bertz CT molecular complexity index is 1470. The fraction of sp³-hybridized carbons (Fsp3) is 0.200. The number of ether oxygens (including phenoxy) is 4. The number of hydrogen-bond donors (Lipinski definition) is 1. The minimum absolute atomic E-state index is 0.00231. The van der Waals surface area contributed by atoms with Gasteiger partial charge in [0.2, 0.25) is 0 Å². The standard InChI is InChI=1S/C25H22ClFN2O8S/c1-3-35-25(31)37-23-14-29(38(32,33)22-13-16(26)5-11-21(22)34-2)19-12-15(4-10-20(19)36-23)24(30)28-18-8-6-17(27)7-9-18/h4-13,23H,3,14H2,1-2H3,(H,28,30). The lowest BCUT2D eigenvalue weighted by Gasteiger charge is -2.35. The maximum Gasteiger partial charge on any atom is 0.511 e. The third kappa shape index (κ3) is 5.76. The van der Waals surface area contributed by atoms with E-state index in [2.05, 4.69) is 5.32 Å². The van der Waals surface area contributed by atoms with E-state index in [0.717, 1.165) is 4.31 Å². The van der Waals surface area contributed by atoms with Gasteiger partial charge in [0.05, 0.1) is 19.4 Å². The molecule has 1 N–H and O–H groups in total. The Kier molecular flexibility index (Phi) is 7.93. The first kappa shape index (κ1) is 27.0. The van der Waals surface area contributed by atoms with Crippen molar-refractivity contribution >= 4 is 45.1 Å². The van der Waals surface area contributed by atoms with Gasteiger partial charge in [-0.25, -0.2) is 17.6 Å². The number of carbonyl (C=O) groups excluding carboxylic acids is 2. The van der Waals surface area contributed by atoms with E-state index in [-0.39, 0.29) is 39.3 Å². The molecule has 3 aromatic carbocycles. The molecule has 3 aromatic rings. The molecule has 1 unspecified atom stereocenters. The lowest BCUT2D eigenvalue weighted by molar-refractivity contribution is -0.0600. The molecule has 10 nitrogen and oxygen atoms in total. The van der Waals surface area contributed by atoms with Crippen LogP contribution in [0.4, 0.5) is 20.6 Å². The number of nitrogens with one attached hydrogen (secondary N) is 1. The summed E-state index contributed by atoms with van der Waals surface area (Å²) in [4.78, 5) is 24.6. The van der Waals surface area contributed by atoms with Crippen molar-refractivity contribution in [3.05, 3.63) is 77.1 Å². The highest BCUT2D eigenvalue weighted by Gasteiger charge is 2.38. The maximum atomic E-state index is 13.9. The Morgan fingerprint density at radius 3 is 2.55 bits per heavy atom. The van der Waals surface area contributed by atoms with Crippen LogP contribution in [0.15, 0.2) is 65.6 Å². The van der Waals surface area contributed by atoms with E-state index in [1.807, 2.05) is 0 Å². The first-order valence-corrected chi connectivity index (χ1v) is 13.0. The Morgan fingerprint density at radius 2 is 1.87 bits per heavy atom. The zero-order chi connectivity index (χ0) is 27.4. The molecule has 0 radical (unpaired) electrons. The quantitative estimate of drug-likeness (QED) is 0.405. The summed E-state index contributed by atoms with van der Waals surface area (Å²) >= 11 is 6.08. The van der Waals surface area contributed by atoms with Gasteiger partial charge in [0.15, 0.2) is 0 Å². The highest BCUT2D eigenvalue weighted by Crippen LogP contribution is 2.40. The van der Waals surface area contributed by atoms with Crippen molar-refractivity contribution in [1.29, 1.82) is 0 Å². The molecule has 0 saturated carbocycles. The number of nitrogens with zero attached hydrogens (tertiary/aromatic N) is 1. The fourth-order valence-electron chi connectivity index (χ4n) is 3.62. The molecule has 38 heavy (non-hydrogen) atoms. The second-order valence-electron chi connectivity index (χ2n) is 7.82. The van der Waals surface area contributed by atoms with Gasteiger partial charge in [-0.05, 0) is 67.6 Å². The van der Waals surface area contributed by atoms with Gasteiger partial charge in [0.1, 0.15) is 28.8 Å². The third-order valence-corrected chi connectivity index (χ3v) is 7.38. The summed E-state index contributed by atoms with van der Waals surface area (Å²) in [6, 6.07) is 13.3. The Morgan fingerprint density at radius 1 is 1.13 bits per heavy atom. The van der Waals surface area contributed by atoms with Crippen LogP contribution in [0.1, 0.15) is 17.3 Å². The van der Waals surface area contributed by atoms with Gasteiger partial charge in [-0.2, -0.15) is 0 Å². The number of carbonyl (C=O) groups is 2. The molecule has 1 aliphatic heterocycles. The average molecular weight is 565 g/mol. The minimum Gasteiger partial charge on any atom is -0.495 e. The number of amides is 1. The van der Waals surface area contributed by atoms with Crippen LogP contribution >= 0.6 is 11.6 Å². The highest BCUT2D eigenvalue weighted by atomic mass is 35.5. The molecule has 0 fully saturated rings. The zero-order valence-corrected chi connectivity index (χ0v) is 21.7. The van der Waals surface area contributed by atoms with E-state index in [1.54, 1.807) is 6.92 Å². The summed E-state index contributed by atoms with van der Waals surface area (Å²) in [6.07, 6.45) is -2.41. The molecule has 0 aromatic heterocycles. The normalized spacial score (nSPS) is 14.6. The number of fused-ring (bicyclic) bond motifs is 1. The smallest absolute Gasteiger partial charge is 0.495 e. The Labute approximate surface area is 222 Å². The number of sulfonamides is 1. The fourth-order valence-corrected chi connectivity index (χ4v) is 5.50. The van der Waals surface area contributed by atoms with E-state index in [9.17, 15) is 22.4 Å². The number of hydrogen-bond acceptors (Lipinski definition) is 8. The van der Waals surface area contributed by atoms with E-state index in [0.29, 0.717) is 5.69 Å².